The number of amidine groups is 1. The molecule has 1 aliphatic carbocycles. The molecule has 1 saturated heterocycles. The predicted octanol–water partition coefficient (Wildman–Crippen LogP) is -3.91. The van der Waals surface area contributed by atoms with E-state index in [1.807, 2.05) is 5.53 Å². The Morgan fingerprint density at radius 1 is 1.23 bits per heavy atom. The van der Waals surface area contributed by atoms with Gasteiger partial charge in [0.2, 0.25) is 5.91 Å². The van der Waals surface area contributed by atoms with Crippen molar-refractivity contribution in [3.05, 3.63) is 0 Å². The summed E-state index contributed by atoms with van der Waals surface area (Å²) in [4.78, 5) is 36.1. The van der Waals surface area contributed by atoms with Crippen LogP contribution in [0.25, 0.3) is 0 Å². The number of carbonyl (C=O) groups is 3. The monoisotopic (exact) mass is 504 g/mol. The van der Waals surface area contributed by atoms with Crippen molar-refractivity contribution in [1.82, 2.24) is 16.2 Å². The molecule has 0 spiro atoms. The number of amides is 1. The van der Waals surface area contributed by atoms with Crippen LogP contribution in [0.2, 0.25) is 0 Å². The molecule has 1 aliphatic heterocycles. The molecule has 0 aromatic rings. The van der Waals surface area contributed by atoms with Crippen LogP contribution in [-0.4, -0.2) is 87.5 Å². The zero-order valence-corrected chi connectivity index (χ0v) is 19.8. The van der Waals surface area contributed by atoms with E-state index in [2.05, 4.69) is 15.7 Å². The van der Waals surface area contributed by atoms with Gasteiger partial charge in [0.15, 0.2) is 17.6 Å². The fourth-order valence-electron chi connectivity index (χ4n) is 4.80. The standard InChI is InChI=1S/C20H36N6O9/c1-3-34-18(29)14(24-10(2)27)9-35-17(28)13-6-12-11(8-23-13)7-19(30,31)15(20(12,32)33)4-5-16(21)25-26-22/h11-15,23,26,30-33H,3-9,22H2,1-2H3,(H2,21,25)(H,24,27). The van der Waals surface area contributed by atoms with Crippen LogP contribution in [0.1, 0.15) is 39.5 Å². The van der Waals surface area contributed by atoms with E-state index in [9.17, 15) is 34.8 Å². The minimum absolute atomic E-state index is 0.000110. The van der Waals surface area contributed by atoms with Crippen LogP contribution >= 0.6 is 0 Å². The second kappa shape index (κ2) is 11.9. The summed E-state index contributed by atoms with van der Waals surface area (Å²) >= 11 is 0. The molecule has 2 rings (SSSR count). The summed E-state index contributed by atoms with van der Waals surface area (Å²) in [5.41, 5.74) is 7.66. The van der Waals surface area contributed by atoms with Gasteiger partial charge in [0.05, 0.1) is 12.5 Å². The third-order valence-electron chi connectivity index (χ3n) is 6.39. The molecule has 0 radical (unpaired) electrons. The molecule has 0 aromatic carbocycles. The molecule has 35 heavy (non-hydrogen) atoms. The summed E-state index contributed by atoms with van der Waals surface area (Å²) < 4.78 is 10.1. The lowest BCUT2D eigenvalue weighted by molar-refractivity contribution is -0.361. The van der Waals surface area contributed by atoms with Gasteiger partial charge >= 0.3 is 11.9 Å². The molecule has 5 atom stereocenters. The van der Waals surface area contributed by atoms with E-state index in [1.165, 1.54) is 6.92 Å². The third-order valence-corrected chi connectivity index (χ3v) is 6.39. The lowest BCUT2D eigenvalue weighted by Gasteiger charge is -2.54. The lowest BCUT2D eigenvalue weighted by Crippen LogP contribution is -2.67. The number of rotatable bonds is 10. The van der Waals surface area contributed by atoms with Crippen LogP contribution in [0.5, 0.6) is 0 Å². The minimum atomic E-state index is -2.55. The van der Waals surface area contributed by atoms with Crippen LogP contribution in [0.3, 0.4) is 0 Å². The molecule has 15 heteroatoms. The topological polar surface area (TPSA) is 251 Å². The van der Waals surface area contributed by atoms with Gasteiger partial charge in [-0.15, -0.1) is 0 Å². The Labute approximate surface area is 202 Å². The Bertz CT molecular complexity index is 806. The summed E-state index contributed by atoms with van der Waals surface area (Å²) in [5, 5.41) is 51.9. The molecule has 200 valence electrons. The molecule has 11 N–H and O–H groups in total. The van der Waals surface area contributed by atoms with Gasteiger partial charge in [0.25, 0.3) is 0 Å². The van der Waals surface area contributed by atoms with Crippen molar-refractivity contribution in [3.63, 3.8) is 0 Å². The molecule has 1 heterocycles. The molecule has 0 aromatic heterocycles. The van der Waals surface area contributed by atoms with Gasteiger partial charge in [-0.2, -0.15) is 5.10 Å². The van der Waals surface area contributed by atoms with Gasteiger partial charge in [-0.05, 0) is 32.2 Å². The summed E-state index contributed by atoms with van der Waals surface area (Å²) in [7, 11) is 0. The number of nitrogens with two attached hydrogens (primary N) is 2. The molecule has 0 bridgehead atoms. The first-order chi connectivity index (χ1) is 16.3. The average molecular weight is 505 g/mol. The maximum atomic E-state index is 12.7. The quantitative estimate of drug-likeness (QED) is 0.0345. The van der Waals surface area contributed by atoms with Gasteiger partial charge in [0.1, 0.15) is 18.5 Å². The van der Waals surface area contributed by atoms with Crippen molar-refractivity contribution in [1.29, 1.82) is 0 Å². The molecule has 2 fully saturated rings. The number of piperidine rings is 1. The minimum Gasteiger partial charge on any atom is -0.464 e. The van der Waals surface area contributed by atoms with Crippen molar-refractivity contribution in [3.8, 4) is 0 Å². The number of aliphatic hydroxyl groups is 4. The Hall–Kier alpha value is -2.56. The van der Waals surface area contributed by atoms with E-state index in [4.69, 9.17) is 21.1 Å². The first-order valence-corrected chi connectivity index (χ1v) is 11.3. The molecule has 5 unspecified atom stereocenters. The van der Waals surface area contributed by atoms with E-state index < -0.39 is 65.9 Å². The van der Waals surface area contributed by atoms with E-state index in [-0.39, 0.29) is 44.7 Å². The van der Waals surface area contributed by atoms with Crippen LogP contribution in [0, 0.1) is 17.8 Å². The zero-order chi connectivity index (χ0) is 26.4. The van der Waals surface area contributed by atoms with Crippen LogP contribution < -0.4 is 27.7 Å². The van der Waals surface area contributed by atoms with Crippen molar-refractivity contribution in [2.24, 2.45) is 34.4 Å². The highest BCUT2D eigenvalue weighted by Gasteiger charge is 2.61. The average Bonchev–Trinajstić information content (AvgIpc) is 2.75. The highest BCUT2D eigenvalue weighted by atomic mass is 16.6. The Kier molecular flexibility index (Phi) is 9.76. The molecule has 1 amide bonds. The van der Waals surface area contributed by atoms with Gasteiger partial charge in [-0.3, -0.25) is 9.59 Å². The Morgan fingerprint density at radius 2 is 1.91 bits per heavy atom. The maximum absolute atomic E-state index is 12.7. The predicted molar refractivity (Wildman–Crippen MR) is 119 cm³/mol. The Balaban J connectivity index is 2.08. The van der Waals surface area contributed by atoms with Crippen molar-refractivity contribution in [2.75, 3.05) is 19.8 Å². The van der Waals surface area contributed by atoms with Crippen molar-refractivity contribution in [2.45, 2.75) is 63.2 Å². The number of nitrogens with zero attached hydrogens (tertiary/aromatic N) is 1. The highest BCUT2D eigenvalue weighted by molar-refractivity contribution is 5.84. The second-order valence-electron chi connectivity index (χ2n) is 8.89. The lowest BCUT2D eigenvalue weighted by atomic mass is 9.62. The molecular formula is C20H36N6O9. The van der Waals surface area contributed by atoms with Gasteiger partial charge in [-0.1, -0.05) is 0 Å². The summed E-state index contributed by atoms with van der Waals surface area (Å²) in [6, 6.07) is -2.16. The van der Waals surface area contributed by atoms with Crippen molar-refractivity contribution >= 4 is 23.7 Å². The smallest absolute Gasteiger partial charge is 0.332 e. The molecule has 1 saturated carbocycles. The Morgan fingerprint density at radius 3 is 2.51 bits per heavy atom. The number of hydrazone groups is 1. The van der Waals surface area contributed by atoms with Crippen LogP contribution in [0.4, 0.5) is 0 Å². The largest absolute Gasteiger partial charge is 0.464 e. The fourth-order valence-corrected chi connectivity index (χ4v) is 4.80. The maximum Gasteiger partial charge on any atom is 0.332 e. The summed E-state index contributed by atoms with van der Waals surface area (Å²) in [6.45, 7) is 2.47. The fraction of sp³-hybridized carbons (Fsp3) is 0.800. The van der Waals surface area contributed by atoms with Gasteiger partial charge in [0, 0.05) is 25.7 Å². The summed E-state index contributed by atoms with van der Waals surface area (Å²) in [6.07, 6.45) is -0.373. The zero-order valence-electron chi connectivity index (χ0n) is 19.8. The molecule has 15 nitrogen and oxygen atoms in total. The SMILES string of the molecule is CCOC(=O)C(COC(=O)C1CC2C(CN1)CC(O)(O)C(CC/C(N)=N/NN)C2(O)O)NC(C)=O. The number of carbonyl (C=O) groups excluding carboxylic acids is 3. The normalized spacial score (nSPS) is 28.3. The number of esters is 2. The number of nitrogens with one attached hydrogen (secondary N) is 3. The van der Waals surface area contributed by atoms with Crippen LogP contribution in [-0.2, 0) is 23.9 Å². The number of hydrazine groups is 1. The van der Waals surface area contributed by atoms with E-state index in [0.29, 0.717) is 0 Å². The number of fused-ring (bicyclic) bond motifs is 1. The number of hydrogen-bond donors (Lipinski definition) is 9. The van der Waals surface area contributed by atoms with E-state index >= 15 is 0 Å². The number of hydrogen-bond acceptors (Lipinski definition) is 13. The van der Waals surface area contributed by atoms with Crippen LogP contribution in [0.15, 0.2) is 5.10 Å². The van der Waals surface area contributed by atoms with Gasteiger partial charge < -0.3 is 46.3 Å². The first kappa shape index (κ1) is 28.7. The second-order valence-corrected chi connectivity index (χ2v) is 8.89. The first-order valence-electron chi connectivity index (χ1n) is 11.3. The highest BCUT2D eigenvalue weighted by Crippen LogP contribution is 2.49. The molecular weight excluding hydrogens is 468 g/mol. The van der Waals surface area contributed by atoms with E-state index in [0.717, 1.165) is 0 Å². The third kappa shape index (κ3) is 7.22. The van der Waals surface area contributed by atoms with Crippen molar-refractivity contribution < 1.29 is 44.3 Å². The molecule has 2 aliphatic rings. The van der Waals surface area contributed by atoms with E-state index in [1.54, 1.807) is 6.92 Å². The van der Waals surface area contributed by atoms with Gasteiger partial charge in [-0.25, -0.2) is 16.2 Å². The number of ether oxygens (including phenoxy) is 2. The summed E-state index contributed by atoms with van der Waals surface area (Å²) in [5.74, 6) is -4.78.